The highest BCUT2D eigenvalue weighted by atomic mass is 35.5. The number of aliphatic hydroxyl groups is 1. The molecule has 1 aliphatic heterocycles. The van der Waals surface area contributed by atoms with Crippen LogP contribution in [-0.2, 0) is 0 Å². The molecule has 0 saturated carbocycles. The maximum absolute atomic E-state index is 8.60. The molecule has 0 aliphatic carbocycles. The lowest BCUT2D eigenvalue weighted by Gasteiger charge is -2.18. The number of β-amino-alcohol motifs (C(OH)–C–C–N with tert-alkyl or cyclic N) is 1. The van der Waals surface area contributed by atoms with Crippen LogP contribution in [0.2, 0.25) is 0 Å². The Morgan fingerprint density at radius 1 is 1.60 bits per heavy atom. The van der Waals surface area contributed by atoms with Crippen LogP contribution in [-0.4, -0.2) is 35.7 Å². The van der Waals surface area contributed by atoms with Gasteiger partial charge in [-0.3, -0.25) is 4.90 Å². The minimum atomic E-state index is 0. The maximum Gasteiger partial charge on any atom is 0.0558 e. The lowest BCUT2D eigenvalue weighted by molar-refractivity contribution is 0.192. The van der Waals surface area contributed by atoms with Gasteiger partial charge in [-0.15, -0.1) is 12.4 Å². The minimum absolute atomic E-state index is 0. The molecule has 0 amide bonds. The Labute approximate surface area is 68.6 Å². The molecule has 1 unspecified atom stereocenters. The summed E-state index contributed by atoms with van der Waals surface area (Å²) >= 11 is 0. The highest BCUT2D eigenvalue weighted by Crippen LogP contribution is 2.14. The predicted octanol–water partition coefficient (Wildman–Crippen LogP) is 0.885. The van der Waals surface area contributed by atoms with Gasteiger partial charge >= 0.3 is 0 Å². The Kier molecular flexibility index (Phi) is 5.04. The van der Waals surface area contributed by atoms with Gasteiger partial charge in [-0.05, 0) is 26.3 Å². The number of hydrogen-bond donors (Lipinski definition) is 1. The molecule has 3 heteroatoms. The normalized spacial score (nSPS) is 26.4. The molecule has 0 radical (unpaired) electrons. The summed E-state index contributed by atoms with van der Waals surface area (Å²) in [5.74, 6) is 0. The fourth-order valence-electron chi connectivity index (χ4n) is 1.45. The standard InChI is InChI=1S/C7H15NO.ClH/c1-7-3-2-4-8(7)5-6-9;/h7,9H,2-6H2,1H3;1H. The van der Waals surface area contributed by atoms with Crippen molar-refractivity contribution in [2.24, 2.45) is 0 Å². The molecule has 1 rings (SSSR count). The highest BCUT2D eigenvalue weighted by molar-refractivity contribution is 5.85. The molecule has 2 nitrogen and oxygen atoms in total. The zero-order chi connectivity index (χ0) is 6.69. The third-order valence-corrected chi connectivity index (χ3v) is 2.08. The van der Waals surface area contributed by atoms with E-state index in [0.29, 0.717) is 12.6 Å². The zero-order valence-corrected chi connectivity index (χ0v) is 7.23. The van der Waals surface area contributed by atoms with E-state index in [2.05, 4.69) is 11.8 Å². The van der Waals surface area contributed by atoms with E-state index >= 15 is 0 Å². The van der Waals surface area contributed by atoms with Crippen LogP contribution in [0.15, 0.2) is 0 Å². The number of aliphatic hydroxyl groups excluding tert-OH is 1. The first-order valence-corrected chi connectivity index (χ1v) is 3.69. The van der Waals surface area contributed by atoms with Gasteiger partial charge < -0.3 is 5.11 Å². The molecule has 1 atom stereocenters. The minimum Gasteiger partial charge on any atom is -0.395 e. The second-order valence-corrected chi connectivity index (χ2v) is 2.75. The van der Waals surface area contributed by atoms with Crippen molar-refractivity contribution in [3.05, 3.63) is 0 Å². The van der Waals surface area contributed by atoms with Crippen LogP contribution < -0.4 is 0 Å². The van der Waals surface area contributed by atoms with E-state index in [4.69, 9.17) is 5.11 Å². The molecule has 1 fully saturated rings. The van der Waals surface area contributed by atoms with Crippen LogP contribution in [0.5, 0.6) is 0 Å². The first-order chi connectivity index (χ1) is 4.34. The van der Waals surface area contributed by atoms with Gasteiger partial charge in [-0.25, -0.2) is 0 Å². The Bertz CT molecular complexity index is 89.7. The summed E-state index contributed by atoms with van der Waals surface area (Å²) in [5, 5.41) is 8.60. The highest BCUT2D eigenvalue weighted by Gasteiger charge is 2.18. The average molecular weight is 166 g/mol. The van der Waals surface area contributed by atoms with Crippen molar-refractivity contribution in [3.8, 4) is 0 Å². The van der Waals surface area contributed by atoms with Crippen molar-refractivity contribution in [1.82, 2.24) is 4.90 Å². The smallest absolute Gasteiger partial charge is 0.0558 e. The molecule has 0 aromatic heterocycles. The number of rotatable bonds is 2. The van der Waals surface area contributed by atoms with Crippen LogP contribution in [0, 0.1) is 0 Å². The SMILES string of the molecule is CC1CCCN1CCO.Cl. The summed E-state index contributed by atoms with van der Waals surface area (Å²) in [6, 6.07) is 0.706. The van der Waals surface area contributed by atoms with Gasteiger partial charge in [0.1, 0.15) is 0 Å². The Morgan fingerprint density at radius 3 is 2.70 bits per heavy atom. The van der Waals surface area contributed by atoms with Crippen LogP contribution in [0.3, 0.4) is 0 Å². The van der Waals surface area contributed by atoms with Gasteiger partial charge in [0.15, 0.2) is 0 Å². The van der Waals surface area contributed by atoms with Crippen LogP contribution >= 0.6 is 12.4 Å². The molecular weight excluding hydrogens is 150 g/mol. The fraction of sp³-hybridized carbons (Fsp3) is 1.00. The molecule has 1 saturated heterocycles. The topological polar surface area (TPSA) is 23.5 Å². The summed E-state index contributed by atoms with van der Waals surface area (Å²) in [5.41, 5.74) is 0. The van der Waals surface area contributed by atoms with E-state index < -0.39 is 0 Å². The Hall–Kier alpha value is 0.210. The summed E-state index contributed by atoms with van der Waals surface area (Å²) < 4.78 is 0. The van der Waals surface area contributed by atoms with Crippen molar-refractivity contribution in [2.45, 2.75) is 25.8 Å². The quantitative estimate of drug-likeness (QED) is 0.657. The van der Waals surface area contributed by atoms with Gasteiger partial charge in [-0.1, -0.05) is 0 Å². The third kappa shape index (κ3) is 2.45. The molecule has 0 bridgehead atoms. The number of nitrogens with zero attached hydrogens (tertiary/aromatic N) is 1. The lowest BCUT2D eigenvalue weighted by atomic mass is 10.2. The van der Waals surface area contributed by atoms with Gasteiger partial charge in [0.25, 0.3) is 0 Å². The van der Waals surface area contributed by atoms with E-state index in [1.54, 1.807) is 0 Å². The predicted molar refractivity (Wildman–Crippen MR) is 44.6 cm³/mol. The molecule has 1 N–H and O–H groups in total. The van der Waals surface area contributed by atoms with E-state index in [9.17, 15) is 0 Å². The number of likely N-dealkylation sites (tertiary alicyclic amines) is 1. The van der Waals surface area contributed by atoms with Gasteiger partial charge in [0, 0.05) is 12.6 Å². The van der Waals surface area contributed by atoms with Gasteiger partial charge in [-0.2, -0.15) is 0 Å². The summed E-state index contributed by atoms with van der Waals surface area (Å²) in [4.78, 5) is 2.33. The van der Waals surface area contributed by atoms with Gasteiger partial charge in [0.2, 0.25) is 0 Å². The van der Waals surface area contributed by atoms with Crippen LogP contribution in [0.25, 0.3) is 0 Å². The third-order valence-electron chi connectivity index (χ3n) is 2.08. The van der Waals surface area contributed by atoms with Crippen molar-refractivity contribution < 1.29 is 5.11 Å². The maximum atomic E-state index is 8.60. The second-order valence-electron chi connectivity index (χ2n) is 2.75. The lowest BCUT2D eigenvalue weighted by Crippen LogP contribution is -2.29. The summed E-state index contributed by atoms with van der Waals surface area (Å²) in [6.45, 7) is 4.58. The molecule has 1 aliphatic rings. The summed E-state index contributed by atoms with van der Waals surface area (Å²) in [7, 11) is 0. The van der Waals surface area contributed by atoms with Crippen molar-refractivity contribution in [3.63, 3.8) is 0 Å². The average Bonchev–Trinajstić information content (AvgIpc) is 2.18. The second kappa shape index (κ2) is 4.94. The molecule has 10 heavy (non-hydrogen) atoms. The monoisotopic (exact) mass is 165 g/mol. The van der Waals surface area contributed by atoms with Gasteiger partial charge in [0.05, 0.1) is 6.61 Å². The van der Waals surface area contributed by atoms with Crippen molar-refractivity contribution in [1.29, 1.82) is 0 Å². The molecule has 0 spiro atoms. The molecule has 62 valence electrons. The summed E-state index contributed by atoms with van der Waals surface area (Å²) in [6.07, 6.45) is 2.61. The van der Waals surface area contributed by atoms with E-state index in [1.165, 1.54) is 19.4 Å². The largest absolute Gasteiger partial charge is 0.395 e. The Balaban J connectivity index is 0.000000810. The fourth-order valence-corrected chi connectivity index (χ4v) is 1.45. The van der Waals surface area contributed by atoms with E-state index in [-0.39, 0.29) is 12.4 Å². The zero-order valence-electron chi connectivity index (χ0n) is 6.42. The number of halogens is 1. The van der Waals surface area contributed by atoms with E-state index in [0.717, 1.165) is 6.54 Å². The van der Waals surface area contributed by atoms with Crippen LogP contribution in [0.1, 0.15) is 19.8 Å². The molecule has 0 aromatic rings. The molecule has 1 heterocycles. The number of hydrogen-bond acceptors (Lipinski definition) is 2. The first kappa shape index (κ1) is 10.2. The van der Waals surface area contributed by atoms with E-state index in [1.807, 2.05) is 0 Å². The van der Waals surface area contributed by atoms with Crippen molar-refractivity contribution in [2.75, 3.05) is 19.7 Å². The van der Waals surface area contributed by atoms with Crippen LogP contribution in [0.4, 0.5) is 0 Å². The first-order valence-electron chi connectivity index (χ1n) is 3.69. The molecule has 0 aromatic carbocycles. The van der Waals surface area contributed by atoms with Crippen molar-refractivity contribution >= 4 is 12.4 Å². The molecular formula is C7H16ClNO. The Morgan fingerprint density at radius 2 is 2.30 bits per heavy atom.